The minimum absolute atomic E-state index is 0.0444. The number of nitrogens with zero attached hydrogens (tertiary/aromatic N) is 3. The lowest BCUT2D eigenvalue weighted by molar-refractivity contribution is 0.0185. The molecule has 2 heterocycles. The number of ether oxygens (including phenoxy) is 1. The van der Waals surface area contributed by atoms with Gasteiger partial charge in [0.2, 0.25) is 0 Å². The summed E-state index contributed by atoms with van der Waals surface area (Å²) in [4.78, 5) is 13.8. The highest BCUT2D eigenvalue weighted by atomic mass is 19.1. The number of carbonyl (C=O) groups excluding carboxylic acids is 1. The lowest BCUT2D eigenvalue weighted by atomic mass is 9.80. The normalized spacial score (nSPS) is 16.2. The van der Waals surface area contributed by atoms with E-state index in [9.17, 15) is 19.2 Å². The molecule has 1 fully saturated rings. The number of likely N-dealkylation sites (tertiary alicyclic amines) is 1. The molecule has 7 nitrogen and oxygen atoms in total. The molecule has 2 aromatic rings. The second kappa shape index (κ2) is 6.88. The smallest absolute Gasteiger partial charge is 0.444 e. The summed E-state index contributed by atoms with van der Waals surface area (Å²) in [5, 5.41) is 23.3. The number of hydrogen-bond donors (Lipinski definition) is 2. The van der Waals surface area contributed by atoms with Gasteiger partial charge in [0.05, 0.1) is 6.04 Å². The van der Waals surface area contributed by atoms with E-state index < -0.39 is 18.5 Å². The fourth-order valence-electron chi connectivity index (χ4n) is 3.11. The van der Waals surface area contributed by atoms with Crippen LogP contribution in [0.5, 0.6) is 0 Å². The van der Waals surface area contributed by atoms with Gasteiger partial charge in [-0.25, -0.2) is 9.18 Å². The van der Waals surface area contributed by atoms with E-state index in [0.29, 0.717) is 31.3 Å². The van der Waals surface area contributed by atoms with Crippen LogP contribution in [0.15, 0.2) is 18.3 Å². The maximum Gasteiger partial charge on any atom is 0.488 e. The first-order valence-corrected chi connectivity index (χ1v) is 8.66. The molecule has 1 aliphatic heterocycles. The minimum Gasteiger partial charge on any atom is -0.444 e. The number of rotatable bonds is 2. The summed E-state index contributed by atoms with van der Waals surface area (Å²) in [7, 11) is -1.73. The maximum absolute atomic E-state index is 14.1. The minimum atomic E-state index is -1.73. The van der Waals surface area contributed by atoms with Gasteiger partial charge in [0, 0.05) is 24.7 Å². The molecule has 0 spiro atoms. The van der Waals surface area contributed by atoms with Crippen molar-refractivity contribution in [3.63, 3.8) is 0 Å². The van der Waals surface area contributed by atoms with Gasteiger partial charge in [-0.1, -0.05) is 6.07 Å². The first-order valence-electron chi connectivity index (χ1n) is 8.66. The molecular formula is C17H23BFN3O4. The van der Waals surface area contributed by atoms with Crippen molar-refractivity contribution in [2.24, 2.45) is 0 Å². The first-order chi connectivity index (χ1) is 12.1. The monoisotopic (exact) mass is 363 g/mol. The molecule has 0 radical (unpaired) electrons. The van der Waals surface area contributed by atoms with Crippen LogP contribution in [-0.4, -0.2) is 56.6 Å². The molecule has 140 valence electrons. The average Bonchev–Trinajstić information content (AvgIpc) is 2.98. The van der Waals surface area contributed by atoms with E-state index in [1.165, 1.54) is 6.07 Å². The van der Waals surface area contributed by atoms with E-state index in [1.807, 2.05) is 20.8 Å². The van der Waals surface area contributed by atoms with Gasteiger partial charge < -0.3 is 19.7 Å². The highest BCUT2D eigenvalue weighted by Crippen LogP contribution is 2.26. The Balaban J connectivity index is 1.72. The maximum atomic E-state index is 14.1. The molecule has 9 heteroatoms. The van der Waals surface area contributed by atoms with Crippen molar-refractivity contribution in [3.8, 4) is 0 Å². The third-order valence-electron chi connectivity index (χ3n) is 4.39. The SMILES string of the molecule is CC(C)(C)OC(=O)N1CCC(n2cc3cc(B(O)O)cc(F)c3n2)CC1. The van der Waals surface area contributed by atoms with Crippen LogP contribution in [0.4, 0.5) is 9.18 Å². The molecule has 0 saturated carbocycles. The van der Waals surface area contributed by atoms with Crippen LogP contribution >= 0.6 is 0 Å². The van der Waals surface area contributed by atoms with Crippen LogP contribution in [0.3, 0.4) is 0 Å². The summed E-state index contributed by atoms with van der Waals surface area (Å²) >= 11 is 0. The summed E-state index contributed by atoms with van der Waals surface area (Å²) in [6, 6.07) is 2.64. The summed E-state index contributed by atoms with van der Waals surface area (Å²) in [5.74, 6) is -0.587. The number of amides is 1. The molecule has 3 rings (SSSR count). The Kier molecular flexibility index (Phi) is 4.94. The second-order valence-corrected chi connectivity index (χ2v) is 7.62. The number of aromatic nitrogens is 2. The highest BCUT2D eigenvalue weighted by Gasteiger charge is 2.28. The van der Waals surface area contributed by atoms with Crippen LogP contribution in [0.2, 0.25) is 0 Å². The Hall–Kier alpha value is -2.13. The molecule has 1 saturated heterocycles. The summed E-state index contributed by atoms with van der Waals surface area (Å²) in [5.41, 5.74) is -0.238. The largest absolute Gasteiger partial charge is 0.488 e. The van der Waals surface area contributed by atoms with Gasteiger partial charge >= 0.3 is 13.2 Å². The molecule has 0 bridgehead atoms. The Morgan fingerprint density at radius 1 is 1.31 bits per heavy atom. The lowest BCUT2D eigenvalue weighted by Crippen LogP contribution is -2.42. The Morgan fingerprint density at radius 3 is 2.54 bits per heavy atom. The summed E-state index contributed by atoms with van der Waals surface area (Å²) < 4.78 is 21.2. The number of halogens is 1. The van der Waals surface area contributed by atoms with Crippen LogP contribution in [0.25, 0.3) is 10.9 Å². The van der Waals surface area contributed by atoms with Gasteiger partial charge in [-0.05, 0) is 45.1 Å². The van der Waals surface area contributed by atoms with E-state index in [4.69, 9.17) is 4.74 Å². The Morgan fingerprint density at radius 2 is 1.96 bits per heavy atom. The van der Waals surface area contributed by atoms with Gasteiger partial charge in [-0.15, -0.1) is 0 Å². The van der Waals surface area contributed by atoms with E-state index >= 15 is 0 Å². The van der Waals surface area contributed by atoms with Crippen LogP contribution in [0.1, 0.15) is 39.7 Å². The lowest BCUT2D eigenvalue weighted by Gasteiger charge is -2.33. The van der Waals surface area contributed by atoms with Crippen molar-refractivity contribution < 1.29 is 24.0 Å². The topological polar surface area (TPSA) is 87.8 Å². The van der Waals surface area contributed by atoms with E-state index in [1.54, 1.807) is 15.8 Å². The molecule has 2 N–H and O–H groups in total. The zero-order chi connectivity index (χ0) is 19.1. The average molecular weight is 363 g/mol. The van der Waals surface area contributed by atoms with Gasteiger partial charge in [0.1, 0.15) is 11.1 Å². The van der Waals surface area contributed by atoms with Crippen molar-refractivity contribution in [2.45, 2.75) is 45.3 Å². The van der Waals surface area contributed by atoms with Crippen molar-refractivity contribution in [2.75, 3.05) is 13.1 Å². The van der Waals surface area contributed by atoms with Crippen molar-refractivity contribution >= 4 is 29.6 Å². The molecular weight excluding hydrogens is 340 g/mol. The molecule has 0 aliphatic carbocycles. The van der Waals surface area contributed by atoms with Gasteiger partial charge in [0.15, 0.2) is 5.82 Å². The molecule has 0 unspecified atom stereocenters. The number of hydrogen-bond acceptors (Lipinski definition) is 5. The van der Waals surface area contributed by atoms with E-state index in [-0.39, 0.29) is 23.1 Å². The third kappa shape index (κ3) is 3.99. The van der Waals surface area contributed by atoms with Gasteiger partial charge in [-0.3, -0.25) is 4.68 Å². The van der Waals surface area contributed by atoms with Gasteiger partial charge in [0.25, 0.3) is 0 Å². The molecule has 1 amide bonds. The molecule has 0 atom stereocenters. The number of fused-ring (bicyclic) bond motifs is 1. The number of piperidine rings is 1. The Labute approximate surface area is 151 Å². The molecule has 1 aliphatic rings. The number of benzene rings is 1. The van der Waals surface area contributed by atoms with Crippen molar-refractivity contribution in [3.05, 3.63) is 24.1 Å². The quantitative estimate of drug-likeness (QED) is 0.789. The first kappa shape index (κ1) is 18.7. The summed E-state index contributed by atoms with van der Waals surface area (Å²) in [6.45, 7) is 6.58. The summed E-state index contributed by atoms with van der Waals surface area (Å²) in [6.07, 6.45) is 2.75. The predicted octanol–water partition coefficient (Wildman–Crippen LogP) is 1.43. The van der Waals surface area contributed by atoms with Crippen molar-refractivity contribution in [1.82, 2.24) is 14.7 Å². The van der Waals surface area contributed by atoms with E-state index in [0.717, 1.165) is 6.07 Å². The zero-order valence-corrected chi connectivity index (χ0v) is 15.1. The Bertz CT molecular complexity index is 810. The molecule has 1 aromatic carbocycles. The van der Waals surface area contributed by atoms with Crippen LogP contribution in [-0.2, 0) is 4.74 Å². The van der Waals surface area contributed by atoms with Gasteiger partial charge in [-0.2, -0.15) is 5.10 Å². The van der Waals surface area contributed by atoms with Crippen LogP contribution in [0, 0.1) is 5.82 Å². The number of carbonyl (C=O) groups is 1. The standard InChI is InChI=1S/C17H23BFN3O4/c1-17(2,3)26-16(23)21-6-4-13(5-7-21)22-10-11-8-12(18(24)25)9-14(19)15(11)20-22/h8-10,13,24-25H,4-7H2,1-3H3. The van der Waals surface area contributed by atoms with Crippen LogP contribution < -0.4 is 5.46 Å². The second-order valence-electron chi connectivity index (χ2n) is 7.62. The third-order valence-corrected chi connectivity index (χ3v) is 4.39. The fraction of sp³-hybridized carbons (Fsp3) is 0.529. The highest BCUT2D eigenvalue weighted by molar-refractivity contribution is 6.58. The van der Waals surface area contributed by atoms with E-state index in [2.05, 4.69) is 5.10 Å². The van der Waals surface area contributed by atoms with Crippen molar-refractivity contribution in [1.29, 1.82) is 0 Å². The molecule has 26 heavy (non-hydrogen) atoms. The molecule has 1 aromatic heterocycles. The fourth-order valence-corrected chi connectivity index (χ4v) is 3.11. The predicted molar refractivity (Wildman–Crippen MR) is 95.6 cm³/mol. The zero-order valence-electron chi connectivity index (χ0n) is 15.1.